The Morgan fingerprint density at radius 2 is 1.83 bits per heavy atom. The second-order valence-corrected chi connectivity index (χ2v) is 5.06. The maximum atomic E-state index is 12.7. The van der Waals surface area contributed by atoms with Crippen molar-refractivity contribution in [2.75, 3.05) is 13.2 Å². The number of ether oxygens (including phenoxy) is 1. The molecule has 2 rings (SSSR count). The average molecular weight is 313 g/mol. The standard InChI is InChI=1S/C18H19NO4/c1-14(21)23-17-9-5-8-16(12-17)18(22)19(10-11-20)13-15-6-3-2-4-7-15/h2-9,12,20H,10-11,13H2,1H3. The molecule has 1 N–H and O–H groups in total. The van der Waals surface area contributed by atoms with Crippen LogP contribution in [0.15, 0.2) is 54.6 Å². The van der Waals surface area contributed by atoms with Crippen molar-refractivity contribution in [2.45, 2.75) is 13.5 Å². The molecule has 0 radical (unpaired) electrons. The Morgan fingerprint density at radius 3 is 2.48 bits per heavy atom. The third-order valence-electron chi connectivity index (χ3n) is 3.22. The van der Waals surface area contributed by atoms with E-state index in [0.29, 0.717) is 17.9 Å². The van der Waals surface area contributed by atoms with Crippen LogP contribution in [0.5, 0.6) is 5.75 Å². The Hall–Kier alpha value is -2.66. The van der Waals surface area contributed by atoms with Gasteiger partial charge in [-0.05, 0) is 23.8 Å². The largest absolute Gasteiger partial charge is 0.427 e. The molecule has 0 atom stereocenters. The second kappa shape index (κ2) is 8.10. The predicted octanol–water partition coefficient (Wildman–Crippen LogP) is 2.25. The van der Waals surface area contributed by atoms with E-state index in [1.165, 1.54) is 13.0 Å². The lowest BCUT2D eigenvalue weighted by molar-refractivity contribution is -0.131. The smallest absolute Gasteiger partial charge is 0.308 e. The third kappa shape index (κ3) is 4.93. The highest BCUT2D eigenvalue weighted by Gasteiger charge is 2.16. The van der Waals surface area contributed by atoms with Crippen LogP contribution in [-0.2, 0) is 11.3 Å². The van der Waals surface area contributed by atoms with Crippen molar-refractivity contribution in [1.29, 1.82) is 0 Å². The van der Waals surface area contributed by atoms with E-state index in [1.54, 1.807) is 23.1 Å². The summed E-state index contributed by atoms with van der Waals surface area (Å²) in [5.41, 5.74) is 1.39. The number of hydrogen-bond acceptors (Lipinski definition) is 4. The molecule has 120 valence electrons. The maximum absolute atomic E-state index is 12.7. The minimum absolute atomic E-state index is 0.123. The van der Waals surface area contributed by atoms with Gasteiger partial charge in [0.2, 0.25) is 0 Å². The molecule has 0 spiro atoms. The Kier molecular flexibility index (Phi) is 5.88. The number of hydrogen-bond donors (Lipinski definition) is 1. The summed E-state index contributed by atoms with van der Waals surface area (Å²) >= 11 is 0. The zero-order valence-electron chi connectivity index (χ0n) is 12.9. The Labute approximate surface area is 135 Å². The molecule has 0 unspecified atom stereocenters. The zero-order chi connectivity index (χ0) is 16.7. The van der Waals surface area contributed by atoms with Crippen LogP contribution in [0.4, 0.5) is 0 Å². The average Bonchev–Trinajstić information content (AvgIpc) is 2.54. The molecule has 2 aromatic carbocycles. The number of benzene rings is 2. The van der Waals surface area contributed by atoms with Gasteiger partial charge in [-0.25, -0.2) is 0 Å². The van der Waals surface area contributed by atoms with Crippen molar-refractivity contribution in [2.24, 2.45) is 0 Å². The Bertz CT molecular complexity index is 670. The zero-order valence-corrected chi connectivity index (χ0v) is 12.9. The van der Waals surface area contributed by atoms with Gasteiger partial charge in [0.15, 0.2) is 0 Å². The fraction of sp³-hybridized carbons (Fsp3) is 0.222. The van der Waals surface area contributed by atoms with E-state index in [2.05, 4.69) is 0 Å². The van der Waals surface area contributed by atoms with Gasteiger partial charge in [-0.3, -0.25) is 9.59 Å². The molecule has 0 aliphatic heterocycles. The number of esters is 1. The normalized spacial score (nSPS) is 10.2. The molecule has 0 aliphatic rings. The van der Waals surface area contributed by atoms with Gasteiger partial charge in [0.25, 0.3) is 5.91 Å². The first kappa shape index (κ1) is 16.7. The number of carbonyl (C=O) groups excluding carboxylic acids is 2. The van der Waals surface area contributed by atoms with E-state index in [1.807, 2.05) is 30.3 Å². The molecule has 0 aromatic heterocycles. The fourth-order valence-corrected chi connectivity index (χ4v) is 2.22. The van der Waals surface area contributed by atoms with Crippen LogP contribution < -0.4 is 4.74 Å². The molecule has 23 heavy (non-hydrogen) atoms. The van der Waals surface area contributed by atoms with Gasteiger partial charge in [-0.1, -0.05) is 36.4 Å². The lowest BCUT2D eigenvalue weighted by Crippen LogP contribution is -2.33. The van der Waals surface area contributed by atoms with Crippen LogP contribution in [0.3, 0.4) is 0 Å². The van der Waals surface area contributed by atoms with Gasteiger partial charge in [-0.2, -0.15) is 0 Å². The highest BCUT2D eigenvalue weighted by Crippen LogP contribution is 2.16. The SMILES string of the molecule is CC(=O)Oc1cccc(C(=O)N(CCO)Cc2ccccc2)c1. The van der Waals surface area contributed by atoms with Crippen molar-refractivity contribution in [3.63, 3.8) is 0 Å². The highest BCUT2D eigenvalue weighted by molar-refractivity contribution is 5.94. The monoisotopic (exact) mass is 313 g/mol. The quantitative estimate of drug-likeness (QED) is 0.656. The number of aliphatic hydroxyl groups excluding tert-OH is 1. The topological polar surface area (TPSA) is 66.8 Å². The van der Waals surface area contributed by atoms with Crippen LogP contribution in [-0.4, -0.2) is 35.0 Å². The molecular weight excluding hydrogens is 294 g/mol. The molecule has 5 heteroatoms. The van der Waals surface area contributed by atoms with Gasteiger partial charge in [0.05, 0.1) is 6.61 Å². The summed E-state index contributed by atoms with van der Waals surface area (Å²) in [5, 5.41) is 9.22. The van der Waals surface area contributed by atoms with Crippen molar-refractivity contribution in [3.8, 4) is 5.75 Å². The first-order valence-corrected chi connectivity index (χ1v) is 7.32. The van der Waals surface area contributed by atoms with Crippen molar-refractivity contribution < 1.29 is 19.4 Å². The van der Waals surface area contributed by atoms with E-state index in [-0.39, 0.29) is 19.1 Å². The summed E-state index contributed by atoms with van der Waals surface area (Å²) in [6.45, 7) is 1.81. The Morgan fingerprint density at radius 1 is 1.09 bits per heavy atom. The third-order valence-corrected chi connectivity index (χ3v) is 3.22. The summed E-state index contributed by atoms with van der Waals surface area (Å²) in [6.07, 6.45) is 0. The second-order valence-electron chi connectivity index (χ2n) is 5.06. The molecule has 0 heterocycles. The molecule has 2 aromatic rings. The molecule has 0 bridgehead atoms. The summed E-state index contributed by atoms with van der Waals surface area (Å²) in [4.78, 5) is 25.2. The van der Waals surface area contributed by atoms with E-state index in [4.69, 9.17) is 4.74 Å². The van der Waals surface area contributed by atoms with Crippen LogP contribution in [0, 0.1) is 0 Å². The summed E-state index contributed by atoms with van der Waals surface area (Å²) < 4.78 is 5.00. The molecule has 5 nitrogen and oxygen atoms in total. The number of nitrogens with zero attached hydrogens (tertiary/aromatic N) is 1. The van der Waals surface area contributed by atoms with E-state index in [0.717, 1.165) is 5.56 Å². The van der Waals surface area contributed by atoms with E-state index >= 15 is 0 Å². The molecule has 0 aliphatic carbocycles. The van der Waals surface area contributed by atoms with Crippen LogP contribution in [0.25, 0.3) is 0 Å². The first-order chi connectivity index (χ1) is 11.1. The summed E-state index contributed by atoms with van der Waals surface area (Å²) in [5.74, 6) is -0.338. The van der Waals surface area contributed by atoms with Gasteiger partial charge in [0, 0.05) is 25.6 Å². The molecule has 0 saturated carbocycles. The first-order valence-electron chi connectivity index (χ1n) is 7.32. The van der Waals surface area contributed by atoms with Crippen molar-refractivity contribution in [3.05, 3.63) is 65.7 Å². The van der Waals surface area contributed by atoms with Gasteiger partial charge < -0.3 is 14.7 Å². The predicted molar refractivity (Wildman–Crippen MR) is 86.0 cm³/mol. The summed E-state index contributed by atoms with van der Waals surface area (Å²) in [7, 11) is 0. The number of carbonyl (C=O) groups is 2. The van der Waals surface area contributed by atoms with E-state index < -0.39 is 5.97 Å². The van der Waals surface area contributed by atoms with Crippen LogP contribution in [0.1, 0.15) is 22.8 Å². The maximum Gasteiger partial charge on any atom is 0.308 e. The molecule has 0 saturated heterocycles. The molecular formula is C18H19NO4. The highest BCUT2D eigenvalue weighted by atomic mass is 16.5. The fourth-order valence-electron chi connectivity index (χ4n) is 2.22. The van der Waals surface area contributed by atoms with Crippen LogP contribution in [0.2, 0.25) is 0 Å². The number of aliphatic hydroxyl groups is 1. The molecule has 0 fully saturated rings. The molecule has 1 amide bonds. The summed E-state index contributed by atoms with van der Waals surface area (Å²) in [6, 6.07) is 16.0. The lowest BCUT2D eigenvalue weighted by atomic mass is 10.1. The Balaban J connectivity index is 2.18. The van der Waals surface area contributed by atoms with Crippen LogP contribution >= 0.6 is 0 Å². The number of rotatable bonds is 6. The van der Waals surface area contributed by atoms with Gasteiger partial charge >= 0.3 is 5.97 Å². The minimum Gasteiger partial charge on any atom is -0.427 e. The number of amides is 1. The van der Waals surface area contributed by atoms with Crippen molar-refractivity contribution >= 4 is 11.9 Å². The van der Waals surface area contributed by atoms with E-state index in [9.17, 15) is 14.7 Å². The van der Waals surface area contributed by atoms with Crippen molar-refractivity contribution in [1.82, 2.24) is 4.90 Å². The van der Waals surface area contributed by atoms with Gasteiger partial charge in [0.1, 0.15) is 5.75 Å². The lowest BCUT2D eigenvalue weighted by Gasteiger charge is -2.22. The minimum atomic E-state index is -0.439. The van der Waals surface area contributed by atoms with Gasteiger partial charge in [-0.15, -0.1) is 0 Å².